The van der Waals surface area contributed by atoms with Crippen LogP contribution >= 0.6 is 0 Å². The summed E-state index contributed by atoms with van der Waals surface area (Å²) in [6.07, 6.45) is 7.15. The van der Waals surface area contributed by atoms with Gasteiger partial charge in [0.1, 0.15) is 18.0 Å². The molecular formula is C40H54N2O9. The number of nitrogens with one attached hydrogen (secondary N) is 2. The Hall–Kier alpha value is -4.74. The zero-order chi connectivity index (χ0) is 37.1. The summed E-state index contributed by atoms with van der Waals surface area (Å²) < 4.78 is 20.3. The van der Waals surface area contributed by atoms with Crippen LogP contribution in [0.5, 0.6) is 5.75 Å². The molecule has 0 spiro atoms. The molecule has 11 heteroatoms. The van der Waals surface area contributed by atoms with Crippen LogP contribution in [-0.4, -0.2) is 62.4 Å². The molecule has 51 heavy (non-hydrogen) atoms. The molecule has 3 aromatic carbocycles. The summed E-state index contributed by atoms with van der Waals surface area (Å²) in [7, 11) is 4.41. The quantitative estimate of drug-likeness (QED) is 0.0727. The predicted octanol–water partition coefficient (Wildman–Crippen LogP) is 7.23. The van der Waals surface area contributed by atoms with Crippen molar-refractivity contribution in [1.82, 2.24) is 0 Å². The Morgan fingerprint density at radius 2 is 1.06 bits per heavy atom. The molecule has 0 aromatic heterocycles. The zero-order valence-corrected chi connectivity index (χ0v) is 30.1. The number of methoxy groups -OCH3 is 3. The Balaban J connectivity index is 0.000000377. The molecule has 2 amide bonds. The summed E-state index contributed by atoms with van der Waals surface area (Å²) in [6, 6.07) is 26.0. The molecule has 0 fully saturated rings. The third-order valence-corrected chi connectivity index (χ3v) is 7.95. The van der Waals surface area contributed by atoms with Crippen molar-refractivity contribution < 1.29 is 43.2 Å². The van der Waals surface area contributed by atoms with Crippen molar-refractivity contribution in [2.24, 2.45) is 0 Å². The number of para-hydroxylation sites is 2. The number of aliphatic hydroxyl groups is 1. The molecule has 0 radical (unpaired) electrons. The summed E-state index contributed by atoms with van der Waals surface area (Å²) in [5.41, 5.74) is 2.41. The first-order chi connectivity index (χ1) is 24.7. The lowest BCUT2D eigenvalue weighted by molar-refractivity contribution is -0.141. The standard InChI is InChI=1S/C24H31NO5.C16H23NO4/c1-28-21-16-14-19(15-17-21)18-30-22(12-8-3-4-9-13-23(26)29-2)24(27)25-20-10-6-5-7-11-20;1-21-15(19)12-8-3-2-7-11-14(18)16(20)17-13-9-5-4-6-10-13/h5-7,10-11,14-17,22H,3-4,8-9,12-13,18H2,1-2H3,(H,25,27);4-6,9-10,14,18H,2-3,7-8,11-12H2,1H3,(H,17,20). The monoisotopic (exact) mass is 706 g/mol. The van der Waals surface area contributed by atoms with Gasteiger partial charge in [-0.15, -0.1) is 0 Å². The van der Waals surface area contributed by atoms with Crippen LogP contribution in [0.15, 0.2) is 84.9 Å². The molecule has 0 saturated carbocycles. The molecule has 0 aliphatic heterocycles. The Kier molecular flexibility index (Phi) is 21.7. The number of anilines is 2. The molecule has 0 bridgehead atoms. The van der Waals surface area contributed by atoms with E-state index < -0.39 is 12.2 Å². The molecular weight excluding hydrogens is 652 g/mol. The summed E-state index contributed by atoms with van der Waals surface area (Å²) in [4.78, 5) is 46.6. The highest BCUT2D eigenvalue weighted by atomic mass is 16.5. The smallest absolute Gasteiger partial charge is 0.305 e. The molecule has 0 aliphatic carbocycles. The molecule has 3 aromatic rings. The summed E-state index contributed by atoms with van der Waals surface area (Å²) in [5.74, 6) is -0.126. The van der Waals surface area contributed by atoms with Gasteiger partial charge < -0.3 is 34.7 Å². The van der Waals surface area contributed by atoms with E-state index in [1.54, 1.807) is 19.2 Å². The van der Waals surface area contributed by atoms with Crippen molar-refractivity contribution in [1.29, 1.82) is 0 Å². The Morgan fingerprint density at radius 1 is 0.588 bits per heavy atom. The Morgan fingerprint density at radius 3 is 1.55 bits per heavy atom. The van der Waals surface area contributed by atoms with Gasteiger partial charge in [-0.25, -0.2) is 0 Å². The Labute approximate surface area is 302 Å². The van der Waals surface area contributed by atoms with Crippen molar-refractivity contribution in [2.75, 3.05) is 32.0 Å². The minimum Gasteiger partial charge on any atom is -0.497 e. The first-order valence-electron chi connectivity index (χ1n) is 17.5. The number of benzene rings is 3. The lowest BCUT2D eigenvalue weighted by Crippen LogP contribution is -2.30. The first kappa shape index (κ1) is 42.4. The molecule has 0 aliphatic rings. The number of carbonyl (C=O) groups excluding carboxylic acids is 4. The topological polar surface area (TPSA) is 149 Å². The molecule has 0 heterocycles. The van der Waals surface area contributed by atoms with Gasteiger partial charge in [-0.2, -0.15) is 0 Å². The van der Waals surface area contributed by atoms with Gasteiger partial charge >= 0.3 is 11.9 Å². The van der Waals surface area contributed by atoms with Crippen molar-refractivity contribution in [3.63, 3.8) is 0 Å². The van der Waals surface area contributed by atoms with E-state index in [9.17, 15) is 24.3 Å². The first-order valence-corrected chi connectivity index (χ1v) is 17.5. The number of hydrogen-bond acceptors (Lipinski definition) is 9. The van der Waals surface area contributed by atoms with E-state index in [0.717, 1.165) is 68.4 Å². The van der Waals surface area contributed by atoms with Crippen LogP contribution in [0.1, 0.15) is 82.6 Å². The van der Waals surface area contributed by atoms with Crippen molar-refractivity contribution in [3.8, 4) is 5.75 Å². The second-order valence-electron chi connectivity index (χ2n) is 11.9. The van der Waals surface area contributed by atoms with Gasteiger partial charge in [-0.3, -0.25) is 19.2 Å². The van der Waals surface area contributed by atoms with E-state index in [1.165, 1.54) is 14.2 Å². The summed E-state index contributed by atoms with van der Waals surface area (Å²) >= 11 is 0. The number of rotatable bonds is 22. The third-order valence-electron chi connectivity index (χ3n) is 7.95. The molecule has 11 nitrogen and oxygen atoms in total. The van der Waals surface area contributed by atoms with Crippen LogP contribution in [0.2, 0.25) is 0 Å². The van der Waals surface area contributed by atoms with Gasteiger partial charge in [0.25, 0.3) is 11.8 Å². The molecule has 2 atom stereocenters. The van der Waals surface area contributed by atoms with E-state index in [-0.39, 0.29) is 23.8 Å². The second-order valence-corrected chi connectivity index (χ2v) is 11.9. The van der Waals surface area contributed by atoms with E-state index in [4.69, 9.17) is 9.47 Å². The van der Waals surface area contributed by atoms with Crippen molar-refractivity contribution >= 4 is 35.1 Å². The normalized spacial score (nSPS) is 11.6. The lowest BCUT2D eigenvalue weighted by atomic mass is 10.1. The maximum absolute atomic E-state index is 12.8. The van der Waals surface area contributed by atoms with Gasteiger partial charge in [-0.05, 0) is 67.6 Å². The largest absolute Gasteiger partial charge is 0.497 e. The number of carbonyl (C=O) groups is 4. The molecule has 3 N–H and O–H groups in total. The predicted molar refractivity (Wildman–Crippen MR) is 197 cm³/mol. The Bertz CT molecular complexity index is 1400. The van der Waals surface area contributed by atoms with E-state index in [2.05, 4.69) is 20.1 Å². The average molecular weight is 707 g/mol. The number of hydrogen-bond donors (Lipinski definition) is 3. The van der Waals surface area contributed by atoms with Gasteiger partial charge in [0, 0.05) is 24.2 Å². The van der Waals surface area contributed by atoms with Crippen LogP contribution in [0.25, 0.3) is 0 Å². The molecule has 278 valence electrons. The zero-order valence-electron chi connectivity index (χ0n) is 30.1. The van der Waals surface area contributed by atoms with E-state index >= 15 is 0 Å². The van der Waals surface area contributed by atoms with Crippen LogP contribution in [0, 0.1) is 0 Å². The van der Waals surface area contributed by atoms with Crippen molar-refractivity contribution in [2.45, 2.75) is 95.9 Å². The van der Waals surface area contributed by atoms with Crippen LogP contribution in [-0.2, 0) is 40.0 Å². The maximum Gasteiger partial charge on any atom is 0.305 e. The molecule has 0 saturated heterocycles. The summed E-state index contributed by atoms with van der Waals surface area (Å²) in [5, 5.41) is 15.4. The molecule has 2 unspecified atom stereocenters. The highest BCUT2D eigenvalue weighted by Crippen LogP contribution is 2.17. The highest BCUT2D eigenvalue weighted by Gasteiger charge is 2.19. The van der Waals surface area contributed by atoms with Gasteiger partial charge in [0.2, 0.25) is 0 Å². The minimum atomic E-state index is -0.995. The minimum absolute atomic E-state index is 0.149. The lowest BCUT2D eigenvalue weighted by Gasteiger charge is -2.18. The van der Waals surface area contributed by atoms with Crippen molar-refractivity contribution in [3.05, 3.63) is 90.5 Å². The van der Waals surface area contributed by atoms with Crippen LogP contribution < -0.4 is 15.4 Å². The number of esters is 2. The van der Waals surface area contributed by atoms with Crippen LogP contribution in [0.3, 0.4) is 0 Å². The van der Waals surface area contributed by atoms with E-state index in [0.29, 0.717) is 38.0 Å². The highest BCUT2D eigenvalue weighted by molar-refractivity contribution is 5.94. The third kappa shape index (κ3) is 19.3. The van der Waals surface area contributed by atoms with Gasteiger partial charge in [0.05, 0.1) is 27.9 Å². The van der Waals surface area contributed by atoms with Crippen LogP contribution in [0.4, 0.5) is 11.4 Å². The SMILES string of the molecule is COC(=O)CCCCCCC(O)C(=O)Nc1ccccc1.COC(=O)CCCCCCC(OCc1ccc(OC)cc1)C(=O)Nc1ccccc1. The number of amides is 2. The fourth-order valence-electron chi connectivity index (χ4n) is 4.95. The maximum atomic E-state index is 12.8. The second kappa shape index (κ2) is 26.1. The summed E-state index contributed by atoms with van der Waals surface area (Å²) in [6.45, 7) is 0.346. The number of ether oxygens (including phenoxy) is 4. The fraction of sp³-hybridized carbons (Fsp3) is 0.450. The van der Waals surface area contributed by atoms with Gasteiger partial charge in [0.15, 0.2) is 0 Å². The number of aliphatic hydroxyl groups excluding tert-OH is 1. The van der Waals surface area contributed by atoms with Gasteiger partial charge in [-0.1, -0.05) is 87.1 Å². The van der Waals surface area contributed by atoms with E-state index in [1.807, 2.05) is 72.8 Å². The number of unbranched alkanes of at least 4 members (excludes halogenated alkanes) is 6. The average Bonchev–Trinajstić information content (AvgIpc) is 3.16. The molecule has 3 rings (SSSR count). The fourth-order valence-corrected chi connectivity index (χ4v) is 4.95.